The van der Waals surface area contributed by atoms with Crippen LogP contribution < -0.4 is 11.1 Å². The van der Waals surface area contributed by atoms with Gasteiger partial charge in [-0.1, -0.05) is 31.7 Å². The van der Waals surface area contributed by atoms with Crippen LogP contribution in [0.3, 0.4) is 0 Å². The van der Waals surface area contributed by atoms with Crippen LogP contribution in [0, 0.1) is 0 Å². The first-order chi connectivity index (χ1) is 8.18. The van der Waals surface area contributed by atoms with Gasteiger partial charge in [0.05, 0.1) is 5.60 Å². The lowest BCUT2D eigenvalue weighted by Gasteiger charge is -2.27. The van der Waals surface area contributed by atoms with Crippen LogP contribution in [-0.4, -0.2) is 17.3 Å². The average Bonchev–Trinajstić information content (AvgIpc) is 2.53. The number of nitrogens with one attached hydrogen (secondary N) is 1. The molecule has 0 amide bonds. The molecule has 1 fully saturated rings. The fourth-order valence-electron chi connectivity index (χ4n) is 2.48. The van der Waals surface area contributed by atoms with Crippen molar-refractivity contribution in [1.82, 2.24) is 0 Å². The van der Waals surface area contributed by atoms with Gasteiger partial charge >= 0.3 is 0 Å². The minimum atomic E-state index is -0.541. The Balaban J connectivity index is 1.92. The van der Waals surface area contributed by atoms with Gasteiger partial charge in [0.2, 0.25) is 0 Å². The summed E-state index contributed by atoms with van der Waals surface area (Å²) in [7, 11) is 0. The van der Waals surface area contributed by atoms with Crippen molar-refractivity contribution in [3.63, 3.8) is 0 Å². The Morgan fingerprint density at radius 3 is 2.53 bits per heavy atom. The van der Waals surface area contributed by atoms with Crippen LogP contribution in [0.4, 0.5) is 11.4 Å². The minimum Gasteiger partial charge on any atom is -0.399 e. The lowest BCUT2D eigenvalue weighted by atomic mass is 9.94. The van der Waals surface area contributed by atoms with E-state index in [2.05, 4.69) is 5.32 Å². The molecule has 17 heavy (non-hydrogen) atoms. The Labute approximate surface area is 103 Å². The normalized spacial score (nSPS) is 19.6. The summed E-state index contributed by atoms with van der Waals surface area (Å²) in [5.41, 5.74) is 6.92. The number of nitrogen functional groups attached to an aromatic ring is 1. The van der Waals surface area contributed by atoms with Crippen LogP contribution in [0.1, 0.15) is 38.5 Å². The molecular weight excluding hydrogens is 212 g/mol. The van der Waals surface area contributed by atoms with Crippen molar-refractivity contribution in [1.29, 1.82) is 0 Å². The van der Waals surface area contributed by atoms with E-state index in [1.807, 2.05) is 24.3 Å². The van der Waals surface area contributed by atoms with Crippen LogP contribution in [0.15, 0.2) is 24.3 Å². The summed E-state index contributed by atoms with van der Waals surface area (Å²) in [6.07, 6.45) is 6.58. The van der Waals surface area contributed by atoms with Crippen molar-refractivity contribution in [2.45, 2.75) is 44.1 Å². The van der Waals surface area contributed by atoms with Gasteiger partial charge in [-0.2, -0.15) is 0 Å². The maximum atomic E-state index is 10.5. The maximum absolute atomic E-state index is 10.5. The maximum Gasteiger partial charge on any atom is 0.0819 e. The Bertz CT molecular complexity index is 357. The quantitative estimate of drug-likeness (QED) is 0.557. The summed E-state index contributed by atoms with van der Waals surface area (Å²) in [4.78, 5) is 0. The second kappa shape index (κ2) is 5.41. The zero-order chi connectivity index (χ0) is 12.1. The monoisotopic (exact) mass is 234 g/mol. The van der Waals surface area contributed by atoms with E-state index in [9.17, 15) is 5.11 Å². The predicted molar refractivity (Wildman–Crippen MR) is 72.0 cm³/mol. The Hall–Kier alpha value is -1.22. The average molecular weight is 234 g/mol. The van der Waals surface area contributed by atoms with Crippen molar-refractivity contribution < 1.29 is 5.11 Å². The number of aliphatic hydroxyl groups is 1. The highest BCUT2D eigenvalue weighted by atomic mass is 16.3. The number of benzene rings is 1. The zero-order valence-electron chi connectivity index (χ0n) is 10.3. The second-order valence-corrected chi connectivity index (χ2v) is 5.12. The van der Waals surface area contributed by atoms with Gasteiger partial charge < -0.3 is 16.2 Å². The van der Waals surface area contributed by atoms with Gasteiger partial charge in [-0.3, -0.25) is 0 Å². The molecule has 94 valence electrons. The molecule has 0 heterocycles. The first-order valence-electron chi connectivity index (χ1n) is 6.50. The summed E-state index contributed by atoms with van der Waals surface area (Å²) in [5, 5.41) is 13.8. The fraction of sp³-hybridized carbons (Fsp3) is 0.571. The summed E-state index contributed by atoms with van der Waals surface area (Å²) in [6.45, 7) is 0.621. The van der Waals surface area contributed by atoms with Crippen LogP contribution >= 0.6 is 0 Å². The van der Waals surface area contributed by atoms with Crippen LogP contribution in [0.5, 0.6) is 0 Å². The van der Waals surface area contributed by atoms with E-state index >= 15 is 0 Å². The lowest BCUT2D eigenvalue weighted by molar-refractivity contribution is 0.0381. The molecule has 3 heteroatoms. The van der Waals surface area contributed by atoms with E-state index in [1.54, 1.807) is 0 Å². The highest BCUT2D eigenvalue weighted by molar-refractivity contribution is 5.54. The van der Waals surface area contributed by atoms with E-state index < -0.39 is 5.60 Å². The molecule has 0 aliphatic heterocycles. The van der Waals surface area contributed by atoms with E-state index in [1.165, 1.54) is 12.8 Å². The van der Waals surface area contributed by atoms with Gasteiger partial charge in [-0.05, 0) is 31.0 Å². The molecule has 1 aliphatic carbocycles. The van der Waals surface area contributed by atoms with E-state index in [0.717, 1.165) is 37.1 Å². The molecule has 0 atom stereocenters. The van der Waals surface area contributed by atoms with Gasteiger partial charge in [-0.25, -0.2) is 0 Å². The van der Waals surface area contributed by atoms with Gasteiger partial charge in [0, 0.05) is 17.9 Å². The fourth-order valence-corrected chi connectivity index (χ4v) is 2.48. The standard InChI is InChI=1S/C14H22N2O/c15-12-6-5-7-13(10-12)16-11-14(17)8-3-1-2-4-9-14/h5-7,10,16-17H,1-4,8-9,11,15H2. The minimum absolute atomic E-state index is 0.541. The smallest absolute Gasteiger partial charge is 0.0819 e. The summed E-state index contributed by atoms with van der Waals surface area (Å²) in [6, 6.07) is 7.68. The molecule has 3 nitrogen and oxygen atoms in total. The number of hydrogen-bond donors (Lipinski definition) is 3. The molecule has 4 N–H and O–H groups in total. The number of rotatable bonds is 3. The molecule has 0 aromatic heterocycles. The molecule has 0 radical (unpaired) electrons. The first kappa shape index (κ1) is 12.2. The van der Waals surface area contributed by atoms with E-state index in [0.29, 0.717) is 6.54 Å². The van der Waals surface area contributed by atoms with Crippen molar-refractivity contribution in [2.75, 3.05) is 17.6 Å². The highest BCUT2D eigenvalue weighted by Crippen LogP contribution is 2.27. The summed E-state index contributed by atoms with van der Waals surface area (Å²) < 4.78 is 0. The first-order valence-corrected chi connectivity index (χ1v) is 6.50. The Morgan fingerprint density at radius 2 is 1.88 bits per heavy atom. The van der Waals surface area contributed by atoms with Gasteiger partial charge in [0.15, 0.2) is 0 Å². The summed E-state index contributed by atoms with van der Waals surface area (Å²) >= 11 is 0. The van der Waals surface area contributed by atoms with Gasteiger partial charge in [-0.15, -0.1) is 0 Å². The molecule has 2 rings (SSSR count). The van der Waals surface area contributed by atoms with Crippen molar-refractivity contribution in [2.24, 2.45) is 0 Å². The van der Waals surface area contributed by atoms with Crippen LogP contribution in [0.25, 0.3) is 0 Å². The van der Waals surface area contributed by atoms with Gasteiger partial charge in [0.25, 0.3) is 0 Å². The third-order valence-corrected chi connectivity index (χ3v) is 3.54. The largest absolute Gasteiger partial charge is 0.399 e. The number of anilines is 2. The van der Waals surface area contributed by atoms with Crippen LogP contribution in [-0.2, 0) is 0 Å². The third-order valence-electron chi connectivity index (χ3n) is 3.54. The second-order valence-electron chi connectivity index (χ2n) is 5.12. The molecule has 0 spiro atoms. The van der Waals surface area contributed by atoms with Crippen molar-refractivity contribution in [3.8, 4) is 0 Å². The number of hydrogen-bond acceptors (Lipinski definition) is 3. The Kier molecular flexibility index (Phi) is 3.89. The SMILES string of the molecule is Nc1cccc(NCC2(O)CCCCCC2)c1. The zero-order valence-corrected chi connectivity index (χ0v) is 10.3. The lowest BCUT2D eigenvalue weighted by Crippen LogP contribution is -2.36. The summed E-state index contributed by atoms with van der Waals surface area (Å²) in [5.74, 6) is 0. The van der Waals surface area contributed by atoms with Crippen LogP contribution in [0.2, 0.25) is 0 Å². The van der Waals surface area contributed by atoms with Crippen molar-refractivity contribution in [3.05, 3.63) is 24.3 Å². The molecule has 0 unspecified atom stereocenters. The molecule has 1 aromatic carbocycles. The van der Waals surface area contributed by atoms with E-state index in [4.69, 9.17) is 5.73 Å². The molecule has 1 aromatic rings. The predicted octanol–water partition coefficient (Wildman–Crippen LogP) is 2.77. The molecule has 1 aliphatic rings. The van der Waals surface area contributed by atoms with Crippen molar-refractivity contribution >= 4 is 11.4 Å². The topological polar surface area (TPSA) is 58.3 Å². The van der Waals surface area contributed by atoms with Gasteiger partial charge in [0.1, 0.15) is 0 Å². The number of nitrogens with two attached hydrogens (primary N) is 1. The molecular formula is C14H22N2O. The molecule has 0 saturated heterocycles. The third kappa shape index (κ3) is 3.63. The highest BCUT2D eigenvalue weighted by Gasteiger charge is 2.27. The molecule has 0 bridgehead atoms. The molecule has 1 saturated carbocycles. The Morgan fingerprint density at radius 1 is 1.18 bits per heavy atom. The van der Waals surface area contributed by atoms with E-state index in [-0.39, 0.29) is 0 Å².